The van der Waals surface area contributed by atoms with Gasteiger partial charge in [0.15, 0.2) is 0 Å². The quantitative estimate of drug-likeness (QED) is 0.305. The average Bonchev–Trinajstić information content (AvgIpc) is 1.35. The Balaban J connectivity index is 3.45. The molecule has 0 unspecified atom stereocenters. The summed E-state index contributed by atoms with van der Waals surface area (Å²) >= 11 is 0. The van der Waals surface area contributed by atoms with Crippen molar-refractivity contribution >= 4 is 8.09 Å². The summed E-state index contributed by atoms with van der Waals surface area (Å²) in [4.78, 5) is 33.3. The van der Waals surface area contributed by atoms with Crippen LogP contribution in [0.25, 0.3) is 0 Å². The minimum atomic E-state index is -4.56. The van der Waals surface area contributed by atoms with Gasteiger partial charge < -0.3 is 0 Å². The van der Waals surface area contributed by atoms with Gasteiger partial charge in [0, 0.05) is 0 Å². The summed E-state index contributed by atoms with van der Waals surface area (Å²) in [6, 6.07) is 0. The zero-order valence-electron chi connectivity index (χ0n) is 2.70. The summed E-state index contributed by atoms with van der Waals surface area (Å²) < 4.78 is 0. The molecule has 6 heteroatoms. The molecule has 0 spiro atoms. The molecule has 0 aliphatic rings. The second-order valence-corrected chi connectivity index (χ2v) is 2.07. The summed E-state index contributed by atoms with van der Waals surface area (Å²) in [7, 11) is -4.56. The number of hydrogen-bond donors (Lipinski definition) is 3. The Labute approximate surface area is 33.9 Å². The Morgan fingerprint density at radius 1 is 1.33 bits per heavy atom. The Morgan fingerprint density at radius 3 is 1.50 bits per heavy atom. The van der Waals surface area contributed by atoms with E-state index in [9.17, 15) is 0 Å². The van der Waals surface area contributed by atoms with E-state index in [0.29, 0.717) is 0 Å². The van der Waals surface area contributed by atoms with Gasteiger partial charge >= 0.3 is 32.6 Å². The van der Waals surface area contributed by atoms with E-state index >= 15 is 0 Å². The molecule has 6 heavy (non-hydrogen) atoms. The van der Waals surface area contributed by atoms with Crippen molar-refractivity contribution in [3.63, 3.8) is 0 Å². The summed E-state index contributed by atoms with van der Waals surface area (Å²) in [6.45, 7) is 0. The fourth-order valence-corrected chi connectivity index (χ4v) is 0. The van der Waals surface area contributed by atoms with Crippen molar-refractivity contribution in [2.45, 2.75) is 0 Å². The maximum atomic E-state index is 8.89. The van der Waals surface area contributed by atoms with E-state index in [2.05, 4.69) is 0 Å². The molecule has 0 rings (SSSR count). The van der Waals surface area contributed by atoms with Crippen LogP contribution in [0.1, 0.15) is 0 Å². The second-order valence-electron chi connectivity index (χ2n) is 0.691. The van der Waals surface area contributed by atoms with Gasteiger partial charge in [-0.2, -0.15) is 0 Å². The predicted octanol–water partition coefficient (Wildman–Crippen LogP) is -0.860. The fraction of sp³-hybridized carbons (Fsp3) is 0. The molecule has 0 saturated heterocycles. The van der Waals surface area contributed by atoms with Crippen molar-refractivity contribution < 1.29 is 14.7 Å². The Morgan fingerprint density at radius 2 is 1.50 bits per heavy atom. The van der Waals surface area contributed by atoms with Crippen molar-refractivity contribution in [3.8, 4) is 0 Å². The van der Waals surface area contributed by atoms with E-state index in [1.54, 1.807) is 4.95 Å². The van der Waals surface area contributed by atoms with E-state index in [4.69, 9.17) is 19.6 Å². The standard InChI is InChI=1S/H4NO4P/c2-1-6(3,4)5/h3-6H. The van der Waals surface area contributed by atoms with Gasteiger partial charge in [0.1, 0.15) is 0 Å². The number of nitroso groups, excluding NO2 is 1. The van der Waals surface area contributed by atoms with Crippen LogP contribution in [0.4, 0.5) is 0 Å². The zero-order valence-corrected chi connectivity index (χ0v) is 3.70. The molecule has 0 bridgehead atoms. The van der Waals surface area contributed by atoms with Gasteiger partial charge in [-0.3, -0.25) is 0 Å². The van der Waals surface area contributed by atoms with Crippen LogP contribution in [0.15, 0.2) is 4.95 Å². The topological polar surface area (TPSA) is 90.1 Å². The van der Waals surface area contributed by atoms with Gasteiger partial charge in [0.05, 0.1) is 0 Å². The molecule has 0 heterocycles. The van der Waals surface area contributed by atoms with Gasteiger partial charge in [-0.1, -0.05) is 0 Å². The first-order valence-corrected chi connectivity index (χ1v) is 2.87. The maximum absolute atomic E-state index is 8.89. The molecule has 5 nitrogen and oxygen atoms in total. The van der Waals surface area contributed by atoms with Crippen LogP contribution in [0.5, 0.6) is 0 Å². The molecule has 0 amide bonds. The van der Waals surface area contributed by atoms with E-state index < -0.39 is 8.09 Å². The molecule has 3 N–H and O–H groups in total. The molecular formula is H4NO4P. The third kappa shape index (κ3) is 3.91. The number of hydrogen-bond acceptors (Lipinski definition) is 5. The molecule has 0 aromatic rings. The SMILES string of the molecule is O=N[PH](O)(O)O. The molecule has 0 fully saturated rings. The second kappa shape index (κ2) is 1.57. The normalized spacial score (nSPS) is 13.8. The van der Waals surface area contributed by atoms with Gasteiger partial charge in [-0.15, -0.1) is 0 Å². The predicted molar refractivity (Wildman–Crippen MR) is 20.8 cm³/mol. The van der Waals surface area contributed by atoms with Gasteiger partial charge in [-0.05, 0) is 0 Å². The summed E-state index contributed by atoms with van der Waals surface area (Å²) in [5, 5.41) is 0. The summed E-state index contributed by atoms with van der Waals surface area (Å²) in [6.07, 6.45) is 0. The van der Waals surface area contributed by atoms with Gasteiger partial charge in [0.2, 0.25) is 0 Å². The molecule has 0 aromatic carbocycles. The monoisotopic (exact) mass is 113 g/mol. The van der Waals surface area contributed by atoms with Gasteiger partial charge in [0.25, 0.3) is 0 Å². The molecule has 38 valence electrons. The Kier molecular flexibility index (Phi) is 1.55. The van der Waals surface area contributed by atoms with Crippen molar-refractivity contribution in [1.82, 2.24) is 0 Å². The first kappa shape index (κ1) is 5.91. The summed E-state index contributed by atoms with van der Waals surface area (Å²) in [5.74, 6) is 0. The van der Waals surface area contributed by atoms with Crippen LogP contribution in [0.3, 0.4) is 0 Å². The average molecular weight is 113 g/mol. The molecule has 0 aliphatic heterocycles. The van der Waals surface area contributed by atoms with Crippen LogP contribution in [-0.4, -0.2) is 14.7 Å². The van der Waals surface area contributed by atoms with E-state index in [1.807, 2.05) is 0 Å². The third-order valence-corrected chi connectivity index (χ3v) is 0.367. The molecule has 0 aromatic heterocycles. The Hall–Kier alpha value is -0.0900. The van der Waals surface area contributed by atoms with Gasteiger partial charge in [-0.25, -0.2) is 0 Å². The number of nitrogens with zero attached hydrogens (tertiary/aromatic N) is 1. The molecule has 0 aliphatic carbocycles. The minimum absolute atomic E-state index is 1.58. The van der Waals surface area contributed by atoms with Crippen molar-refractivity contribution in [1.29, 1.82) is 0 Å². The molecular weight excluding hydrogens is 109 g/mol. The molecule has 0 atom stereocenters. The van der Waals surface area contributed by atoms with E-state index in [1.165, 1.54) is 0 Å². The summed E-state index contributed by atoms with van der Waals surface area (Å²) in [5.41, 5.74) is 0. The van der Waals surface area contributed by atoms with E-state index in [0.717, 1.165) is 0 Å². The third-order valence-electron chi connectivity index (χ3n) is 0.122. The van der Waals surface area contributed by atoms with Crippen molar-refractivity contribution in [3.05, 3.63) is 4.91 Å². The van der Waals surface area contributed by atoms with Crippen LogP contribution in [0.2, 0.25) is 0 Å². The molecule has 0 radical (unpaired) electrons. The van der Waals surface area contributed by atoms with Crippen LogP contribution < -0.4 is 0 Å². The van der Waals surface area contributed by atoms with Crippen LogP contribution >= 0.6 is 8.09 Å². The number of rotatable bonds is 1. The van der Waals surface area contributed by atoms with Crippen molar-refractivity contribution in [2.75, 3.05) is 0 Å². The van der Waals surface area contributed by atoms with E-state index in [-0.39, 0.29) is 0 Å². The van der Waals surface area contributed by atoms with Crippen LogP contribution in [0, 0.1) is 4.91 Å². The zero-order chi connectivity index (χ0) is 5.21. The Bertz CT molecular complexity index is 53.1. The first-order chi connectivity index (χ1) is 2.56. The fourth-order valence-electron chi connectivity index (χ4n) is 0. The first-order valence-electron chi connectivity index (χ1n) is 1.08. The van der Waals surface area contributed by atoms with Crippen LogP contribution in [-0.2, 0) is 0 Å². The van der Waals surface area contributed by atoms with Crippen molar-refractivity contribution in [2.24, 2.45) is 4.95 Å². The molecule has 0 saturated carbocycles.